The molecule has 0 bridgehead atoms. The van der Waals surface area contributed by atoms with Crippen LogP contribution in [0.15, 0.2) is 54.9 Å². The normalized spacial score (nSPS) is 10.9. The van der Waals surface area contributed by atoms with Gasteiger partial charge in [-0.3, -0.25) is 9.89 Å². The number of fused-ring (bicyclic) bond motifs is 1. The first-order chi connectivity index (χ1) is 16.5. The van der Waals surface area contributed by atoms with Crippen molar-refractivity contribution in [2.45, 2.75) is 33.2 Å². The Morgan fingerprint density at radius 1 is 1.09 bits per heavy atom. The second-order valence-corrected chi connectivity index (χ2v) is 8.07. The second kappa shape index (κ2) is 10.7. The molecule has 0 aliphatic rings. The Bertz CT molecular complexity index is 1260. The van der Waals surface area contributed by atoms with E-state index in [-0.39, 0.29) is 18.6 Å². The van der Waals surface area contributed by atoms with Gasteiger partial charge in [-0.05, 0) is 50.6 Å². The lowest BCUT2D eigenvalue weighted by Gasteiger charge is -2.13. The Balaban J connectivity index is 1.66. The van der Waals surface area contributed by atoms with E-state index in [1.165, 1.54) is 0 Å². The Kier molecular flexibility index (Phi) is 7.22. The molecule has 176 valence electrons. The van der Waals surface area contributed by atoms with Crippen LogP contribution in [-0.4, -0.2) is 45.3 Å². The van der Waals surface area contributed by atoms with Crippen molar-refractivity contribution in [1.29, 1.82) is 0 Å². The molecule has 0 atom stereocenters. The van der Waals surface area contributed by atoms with Crippen LogP contribution in [-0.2, 0) is 4.79 Å². The smallest absolute Gasteiger partial charge is 0.258 e. The van der Waals surface area contributed by atoms with Gasteiger partial charge in [0.05, 0.1) is 24.0 Å². The zero-order valence-electron chi connectivity index (χ0n) is 19.5. The Morgan fingerprint density at radius 2 is 1.94 bits per heavy atom. The van der Waals surface area contributed by atoms with Gasteiger partial charge in [0.15, 0.2) is 12.4 Å². The topological polar surface area (TPSA) is 114 Å². The molecule has 2 aromatic carbocycles. The highest BCUT2D eigenvalue weighted by Crippen LogP contribution is 2.31. The monoisotopic (exact) mass is 460 g/mol. The van der Waals surface area contributed by atoms with E-state index in [1.54, 1.807) is 18.5 Å². The van der Waals surface area contributed by atoms with Crippen LogP contribution in [0.2, 0.25) is 0 Å². The summed E-state index contributed by atoms with van der Waals surface area (Å²) in [5.41, 5.74) is 2.31. The van der Waals surface area contributed by atoms with E-state index in [0.717, 1.165) is 34.3 Å². The molecule has 0 radical (unpaired) electrons. The van der Waals surface area contributed by atoms with Crippen LogP contribution in [0.1, 0.15) is 27.2 Å². The summed E-state index contributed by atoms with van der Waals surface area (Å²) in [5, 5.41) is 13.7. The average molecular weight is 461 g/mol. The van der Waals surface area contributed by atoms with E-state index < -0.39 is 0 Å². The minimum atomic E-state index is -0.171. The van der Waals surface area contributed by atoms with Gasteiger partial charge in [0, 0.05) is 23.2 Å². The summed E-state index contributed by atoms with van der Waals surface area (Å²) in [4.78, 5) is 21.5. The number of nitrogens with zero attached hydrogens (tertiary/aromatic N) is 3. The maximum Gasteiger partial charge on any atom is 0.258 e. The van der Waals surface area contributed by atoms with Crippen LogP contribution >= 0.6 is 0 Å². The van der Waals surface area contributed by atoms with Crippen molar-refractivity contribution in [3.63, 3.8) is 0 Å². The minimum absolute atomic E-state index is 0.0578. The maximum absolute atomic E-state index is 11.9. The fourth-order valence-electron chi connectivity index (χ4n) is 3.34. The standard InChI is InChI=1S/C25H28N6O3/c1-4-10-33-20-8-9-22-21(12-20)25(29-18-13-26-27-14-18)31-24(30-22)17-6-5-7-19(11-17)34-15-23(32)28-16(2)3/h5-9,11-14,16H,4,10,15H2,1-3H3,(H,26,27)(H,28,32)(H,29,30,31). The van der Waals surface area contributed by atoms with E-state index in [2.05, 4.69) is 27.8 Å². The first kappa shape index (κ1) is 23.0. The van der Waals surface area contributed by atoms with Crippen molar-refractivity contribution in [1.82, 2.24) is 25.5 Å². The molecular formula is C25H28N6O3. The Morgan fingerprint density at radius 3 is 2.71 bits per heavy atom. The van der Waals surface area contributed by atoms with Crippen LogP contribution in [0, 0.1) is 0 Å². The average Bonchev–Trinajstić information content (AvgIpc) is 3.34. The van der Waals surface area contributed by atoms with E-state index in [0.29, 0.717) is 24.0 Å². The largest absolute Gasteiger partial charge is 0.494 e. The van der Waals surface area contributed by atoms with E-state index >= 15 is 0 Å². The molecule has 1 amide bonds. The molecule has 0 aliphatic carbocycles. The van der Waals surface area contributed by atoms with Gasteiger partial charge in [-0.2, -0.15) is 5.10 Å². The van der Waals surface area contributed by atoms with Crippen molar-refractivity contribution in [2.24, 2.45) is 0 Å². The molecule has 4 rings (SSSR count). The van der Waals surface area contributed by atoms with E-state index in [1.807, 2.05) is 50.2 Å². The summed E-state index contributed by atoms with van der Waals surface area (Å²) in [6.45, 7) is 6.45. The number of nitrogens with one attached hydrogen (secondary N) is 3. The van der Waals surface area contributed by atoms with Crippen LogP contribution in [0.25, 0.3) is 22.3 Å². The quantitative estimate of drug-likeness (QED) is 0.320. The summed E-state index contributed by atoms with van der Waals surface area (Å²) in [6, 6.07) is 13.2. The summed E-state index contributed by atoms with van der Waals surface area (Å²) < 4.78 is 11.5. The molecule has 4 aromatic rings. The van der Waals surface area contributed by atoms with Gasteiger partial charge in [0.2, 0.25) is 0 Å². The highest BCUT2D eigenvalue weighted by Gasteiger charge is 2.13. The lowest BCUT2D eigenvalue weighted by molar-refractivity contribution is -0.123. The predicted molar refractivity (Wildman–Crippen MR) is 131 cm³/mol. The Hall–Kier alpha value is -4.14. The van der Waals surface area contributed by atoms with Gasteiger partial charge in [0.25, 0.3) is 5.91 Å². The third-order valence-corrected chi connectivity index (χ3v) is 4.81. The molecule has 0 aliphatic heterocycles. The van der Waals surface area contributed by atoms with Crippen molar-refractivity contribution < 1.29 is 14.3 Å². The number of H-pyrrole nitrogens is 1. The number of amides is 1. The molecule has 0 saturated carbocycles. The van der Waals surface area contributed by atoms with Gasteiger partial charge >= 0.3 is 0 Å². The van der Waals surface area contributed by atoms with Gasteiger partial charge in [-0.25, -0.2) is 9.97 Å². The first-order valence-corrected chi connectivity index (χ1v) is 11.2. The zero-order chi connectivity index (χ0) is 23.9. The number of carbonyl (C=O) groups is 1. The maximum atomic E-state index is 11.9. The molecule has 3 N–H and O–H groups in total. The fourth-order valence-corrected chi connectivity index (χ4v) is 3.34. The van der Waals surface area contributed by atoms with Crippen LogP contribution in [0.5, 0.6) is 11.5 Å². The van der Waals surface area contributed by atoms with Gasteiger partial charge in [-0.15, -0.1) is 0 Å². The summed E-state index contributed by atoms with van der Waals surface area (Å²) in [5.74, 6) is 2.31. The van der Waals surface area contributed by atoms with Crippen molar-refractivity contribution in [3.05, 3.63) is 54.9 Å². The van der Waals surface area contributed by atoms with Crippen molar-refractivity contribution in [3.8, 4) is 22.9 Å². The van der Waals surface area contributed by atoms with Gasteiger partial charge < -0.3 is 20.1 Å². The van der Waals surface area contributed by atoms with Crippen molar-refractivity contribution >= 4 is 28.3 Å². The molecule has 0 unspecified atom stereocenters. The van der Waals surface area contributed by atoms with Crippen LogP contribution < -0.4 is 20.1 Å². The van der Waals surface area contributed by atoms with Gasteiger partial charge in [0.1, 0.15) is 17.3 Å². The molecule has 0 fully saturated rings. The summed E-state index contributed by atoms with van der Waals surface area (Å²) in [7, 11) is 0. The number of ether oxygens (including phenoxy) is 2. The summed E-state index contributed by atoms with van der Waals surface area (Å²) >= 11 is 0. The highest BCUT2D eigenvalue weighted by molar-refractivity contribution is 5.93. The van der Waals surface area contributed by atoms with Crippen molar-refractivity contribution in [2.75, 3.05) is 18.5 Å². The molecule has 0 saturated heterocycles. The number of rotatable bonds is 10. The number of hydrogen-bond acceptors (Lipinski definition) is 7. The first-order valence-electron chi connectivity index (χ1n) is 11.2. The van der Waals surface area contributed by atoms with E-state index in [9.17, 15) is 4.79 Å². The third kappa shape index (κ3) is 5.80. The summed E-state index contributed by atoms with van der Waals surface area (Å²) in [6.07, 6.45) is 4.36. The molecule has 2 heterocycles. The Labute approximate surface area is 197 Å². The molecule has 9 heteroatoms. The van der Waals surface area contributed by atoms with Gasteiger partial charge in [-0.1, -0.05) is 19.1 Å². The predicted octanol–water partition coefficient (Wildman–Crippen LogP) is 4.46. The highest BCUT2D eigenvalue weighted by atomic mass is 16.5. The van der Waals surface area contributed by atoms with E-state index in [4.69, 9.17) is 19.4 Å². The minimum Gasteiger partial charge on any atom is -0.494 e. The van der Waals surface area contributed by atoms with Crippen LogP contribution in [0.3, 0.4) is 0 Å². The molecule has 0 spiro atoms. The number of aromatic amines is 1. The third-order valence-electron chi connectivity index (χ3n) is 4.81. The molecule has 9 nitrogen and oxygen atoms in total. The number of anilines is 2. The lowest BCUT2D eigenvalue weighted by Crippen LogP contribution is -2.34. The number of aromatic nitrogens is 4. The number of hydrogen-bond donors (Lipinski definition) is 3. The lowest BCUT2D eigenvalue weighted by atomic mass is 10.1. The number of carbonyl (C=O) groups excluding carboxylic acids is 1. The molecule has 34 heavy (non-hydrogen) atoms. The SMILES string of the molecule is CCCOc1ccc2nc(-c3cccc(OCC(=O)NC(C)C)c3)nc(Nc3cn[nH]c3)c2c1. The number of benzene rings is 2. The fraction of sp³-hybridized carbons (Fsp3) is 0.280. The second-order valence-electron chi connectivity index (χ2n) is 8.07. The molecular weight excluding hydrogens is 432 g/mol. The zero-order valence-corrected chi connectivity index (χ0v) is 19.5. The van der Waals surface area contributed by atoms with Crippen LogP contribution in [0.4, 0.5) is 11.5 Å². The molecule has 2 aromatic heterocycles.